The van der Waals surface area contributed by atoms with Crippen molar-refractivity contribution in [2.24, 2.45) is 5.73 Å². The largest absolute Gasteiger partial charge is 0.510 e. The van der Waals surface area contributed by atoms with Crippen LogP contribution >= 0.6 is 11.3 Å². The number of aliphatic hydroxyl groups excluding tert-OH is 1. The monoisotopic (exact) mass is 364 g/mol. The fraction of sp³-hybridized carbons (Fsp3) is 0.444. The maximum absolute atomic E-state index is 12.1. The number of aromatic amines is 1. The first-order valence-electron chi connectivity index (χ1n) is 8.28. The first-order chi connectivity index (χ1) is 11.9. The average molecular weight is 365 g/mol. The third-order valence-corrected chi connectivity index (χ3v) is 4.38. The second-order valence-electron chi connectivity index (χ2n) is 5.87. The lowest BCUT2D eigenvalue weighted by atomic mass is 10.1. The second kappa shape index (κ2) is 10.7. The van der Waals surface area contributed by atoms with Crippen LogP contribution in [0.4, 0.5) is 0 Å². The van der Waals surface area contributed by atoms with Crippen LogP contribution in [-0.2, 0) is 4.79 Å². The molecule has 2 heterocycles. The molecule has 1 amide bonds. The van der Waals surface area contributed by atoms with E-state index in [4.69, 9.17) is 5.73 Å². The number of rotatable bonds is 5. The highest BCUT2D eigenvalue weighted by Crippen LogP contribution is 2.03. The molecule has 0 saturated heterocycles. The van der Waals surface area contributed by atoms with Crippen molar-refractivity contribution in [3.05, 3.63) is 39.4 Å². The Morgan fingerprint density at radius 3 is 2.68 bits per heavy atom. The van der Waals surface area contributed by atoms with E-state index in [-0.39, 0.29) is 17.7 Å². The van der Waals surface area contributed by atoms with Gasteiger partial charge < -0.3 is 21.1 Å². The highest BCUT2D eigenvalue weighted by molar-refractivity contribution is 7.09. The van der Waals surface area contributed by atoms with Crippen molar-refractivity contribution in [3.8, 4) is 0 Å². The van der Waals surface area contributed by atoms with E-state index in [1.807, 2.05) is 6.92 Å². The molecule has 0 aliphatic carbocycles. The molecule has 0 bridgehead atoms. The zero-order valence-corrected chi connectivity index (χ0v) is 16.1. The molecule has 2 aromatic rings. The van der Waals surface area contributed by atoms with Crippen LogP contribution in [-0.4, -0.2) is 33.6 Å². The van der Waals surface area contributed by atoms with Crippen molar-refractivity contribution in [1.82, 2.24) is 15.3 Å². The van der Waals surface area contributed by atoms with Crippen molar-refractivity contribution in [2.45, 2.75) is 46.6 Å². The standard InChI is InChI=1S/C13H22N4O2.C5H6S/c1-8(5-4-6-14)17-13(19)9(2)11-12(10(3)18)16-7-15-11;1-5-3-2-4-6-5/h7-8,18H,4-6,14H2,1-3H3,(H,15,16)(H,17,19);2-4H,1H3/b11-9-,12-10-;/t8-;/m1./s1. The number of H-pyrrole nitrogens is 1. The summed E-state index contributed by atoms with van der Waals surface area (Å²) < 4.78 is 0. The minimum atomic E-state index is -0.181. The normalized spacial score (nSPS) is 14.1. The van der Waals surface area contributed by atoms with Gasteiger partial charge in [0.1, 0.15) is 16.5 Å². The van der Waals surface area contributed by atoms with Crippen LogP contribution < -0.4 is 21.7 Å². The van der Waals surface area contributed by atoms with E-state index < -0.39 is 0 Å². The third-order valence-electron chi connectivity index (χ3n) is 3.58. The molecule has 0 fully saturated rings. The molecule has 5 N–H and O–H groups in total. The minimum absolute atomic E-state index is 0.0626. The Bertz CT molecular complexity index is 761. The summed E-state index contributed by atoms with van der Waals surface area (Å²) in [6, 6.07) is 4.22. The Labute approximate surface area is 152 Å². The van der Waals surface area contributed by atoms with Crippen LogP contribution in [0.25, 0.3) is 11.3 Å². The molecule has 25 heavy (non-hydrogen) atoms. The summed E-state index contributed by atoms with van der Waals surface area (Å²) in [7, 11) is 0. The average Bonchev–Trinajstić information content (AvgIpc) is 3.23. The number of nitrogens with two attached hydrogens (primary N) is 1. The highest BCUT2D eigenvalue weighted by Gasteiger charge is 2.11. The van der Waals surface area contributed by atoms with Crippen LogP contribution in [0.1, 0.15) is 38.5 Å². The topological polar surface area (TPSA) is 104 Å². The van der Waals surface area contributed by atoms with Crippen molar-refractivity contribution < 1.29 is 9.90 Å². The number of imidazole rings is 1. The van der Waals surface area contributed by atoms with Gasteiger partial charge in [-0.05, 0) is 58.5 Å². The number of aryl methyl sites for hydroxylation is 1. The first-order valence-corrected chi connectivity index (χ1v) is 9.16. The molecule has 138 valence electrons. The Hall–Kier alpha value is -2.12. The van der Waals surface area contributed by atoms with Crippen LogP contribution in [0.2, 0.25) is 0 Å². The predicted octanol–water partition coefficient (Wildman–Crippen LogP) is 1.57. The number of carbonyl (C=O) groups is 1. The Morgan fingerprint density at radius 1 is 1.48 bits per heavy atom. The number of aliphatic hydroxyl groups is 1. The van der Waals surface area contributed by atoms with Gasteiger partial charge in [0, 0.05) is 16.5 Å². The van der Waals surface area contributed by atoms with E-state index in [1.165, 1.54) is 11.2 Å². The summed E-state index contributed by atoms with van der Waals surface area (Å²) >= 11 is 1.78. The maximum Gasteiger partial charge on any atom is 0.249 e. The smallest absolute Gasteiger partial charge is 0.249 e. The summed E-state index contributed by atoms with van der Waals surface area (Å²) in [6.45, 7) is 7.89. The Balaban J connectivity index is 0.000000435. The third kappa shape index (κ3) is 7.11. The molecule has 0 radical (unpaired) electrons. The lowest BCUT2D eigenvalue weighted by molar-refractivity contribution is -0.116. The maximum atomic E-state index is 12.1. The molecule has 0 aromatic carbocycles. The van der Waals surface area contributed by atoms with Crippen molar-refractivity contribution in [3.63, 3.8) is 0 Å². The molecule has 6 nitrogen and oxygen atoms in total. The molecule has 2 aromatic heterocycles. The quantitative estimate of drug-likeness (QED) is 0.646. The second-order valence-corrected chi connectivity index (χ2v) is 7.02. The molecule has 1 atom stereocenters. The Morgan fingerprint density at radius 2 is 2.20 bits per heavy atom. The van der Waals surface area contributed by atoms with Gasteiger partial charge in [0.05, 0.1) is 6.33 Å². The summed E-state index contributed by atoms with van der Waals surface area (Å²) in [5, 5.41) is 15.4. The van der Waals surface area contributed by atoms with Gasteiger partial charge in [-0.3, -0.25) is 4.79 Å². The zero-order valence-electron chi connectivity index (χ0n) is 15.3. The molecular formula is C18H28N4O2S. The van der Waals surface area contributed by atoms with Crippen molar-refractivity contribution in [1.29, 1.82) is 0 Å². The number of amides is 1. The highest BCUT2D eigenvalue weighted by atomic mass is 32.1. The van der Waals surface area contributed by atoms with E-state index in [0.29, 0.717) is 22.8 Å². The van der Waals surface area contributed by atoms with Gasteiger partial charge in [-0.25, -0.2) is 4.98 Å². The first kappa shape index (κ1) is 20.9. The van der Waals surface area contributed by atoms with Crippen molar-refractivity contribution >= 4 is 28.6 Å². The molecule has 7 heteroatoms. The zero-order chi connectivity index (χ0) is 18.8. The molecule has 0 aliphatic rings. The molecule has 0 aliphatic heterocycles. The number of nitrogens with one attached hydrogen (secondary N) is 2. The lowest BCUT2D eigenvalue weighted by Gasteiger charge is -2.13. The molecule has 2 rings (SSSR count). The van der Waals surface area contributed by atoms with Crippen LogP contribution in [0.5, 0.6) is 0 Å². The fourth-order valence-electron chi connectivity index (χ4n) is 2.15. The van der Waals surface area contributed by atoms with E-state index >= 15 is 0 Å². The van der Waals surface area contributed by atoms with Gasteiger partial charge in [0.2, 0.25) is 5.91 Å². The van der Waals surface area contributed by atoms with Gasteiger partial charge >= 0.3 is 0 Å². The molecule has 0 spiro atoms. The summed E-state index contributed by atoms with van der Waals surface area (Å²) in [6.07, 6.45) is 3.17. The van der Waals surface area contributed by atoms with Gasteiger partial charge in [-0.2, -0.15) is 0 Å². The number of nitrogens with zero attached hydrogens (tertiary/aromatic N) is 1. The van der Waals surface area contributed by atoms with E-state index in [1.54, 1.807) is 25.2 Å². The summed E-state index contributed by atoms with van der Waals surface area (Å²) in [5.41, 5.74) is 5.91. The minimum Gasteiger partial charge on any atom is -0.510 e. The number of hydrogen-bond donors (Lipinski definition) is 4. The summed E-state index contributed by atoms with van der Waals surface area (Å²) in [5.74, 6) is -0.0741. The fourth-order valence-corrected chi connectivity index (χ4v) is 2.68. The van der Waals surface area contributed by atoms with Gasteiger partial charge in [-0.15, -0.1) is 11.3 Å². The van der Waals surface area contributed by atoms with E-state index in [2.05, 4.69) is 39.7 Å². The van der Waals surface area contributed by atoms with Gasteiger partial charge in [-0.1, -0.05) is 6.07 Å². The Kier molecular flexibility index (Phi) is 8.94. The van der Waals surface area contributed by atoms with Crippen LogP contribution in [0.15, 0.2) is 23.8 Å². The van der Waals surface area contributed by atoms with Crippen LogP contribution in [0, 0.1) is 6.92 Å². The molecule has 0 unspecified atom stereocenters. The SMILES string of the molecule is C/C(C(=O)N[C@H](C)CCCN)=c1/nc[nH]/c1=C(/C)O.Cc1cccs1. The predicted molar refractivity (Wildman–Crippen MR) is 104 cm³/mol. The lowest BCUT2D eigenvalue weighted by Crippen LogP contribution is -2.38. The number of thiophene rings is 1. The number of aromatic nitrogens is 2. The number of hydrogen-bond acceptors (Lipinski definition) is 5. The molecular weight excluding hydrogens is 336 g/mol. The number of carbonyl (C=O) groups excluding carboxylic acids is 1. The van der Waals surface area contributed by atoms with Crippen LogP contribution in [0.3, 0.4) is 0 Å². The molecule has 0 saturated carbocycles. The summed E-state index contributed by atoms with van der Waals surface area (Å²) in [4.78, 5) is 20.3. The van der Waals surface area contributed by atoms with Crippen molar-refractivity contribution in [2.75, 3.05) is 6.54 Å². The van der Waals surface area contributed by atoms with Gasteiger partial charge in [0.15, 0.2) is 0 Å². The van der Waals surface area contributed by atoms with Gasteiger partial charge in [0.25, 0.3) is 0 Å². The van der Waals surface area contributed by atoms with E-state index in [0.717, 1.165) is 12.8 Å². The van der Waals surface area contributed by atoms with E-state index in [9.17, 15) is 9.90 Å².